The number of benzene rings is 2. The van der Waals surface area contributed by atoms with Crippen LogP contribution >= 0.6 is 0 Å². The number of likely N-dealkylation sites (N-methyl/N-ethyl adjacent to an activating group) is 1. The van der Waals surface area contributed by atoms with Gasteiger partial charge in [-0.1, -0.05) is 25.1 Å². The maximum Gasteiger partial charge on any atom is 0.418 e. The summed E-state index contributed by atoms with van der Waals surface area (Å²) in [7, 11) is -4.32. The van der Waals surface area contributed by atoms with Gasteiger partial charge in [-0.15, -0.1) is 0 Å². The van der Waals surface area contributed by atoms with E-state index in [9.17, 15) is 36.5 Å². The number of sulfonamides is 1. The highest BCUT2D eigenvalue weighted by atomic mass is 32.2. The second-order valence-electron chi connectivity index (χ2n) is 6.18. The number of para-hydroxylation sites is 1. The van der Waals surface area contributed by atoms with E-state index in [1.165, 1.54) is 26.0 Å². The van der Waals surface area contributed by atoms with Crippen molar-refractivity contribution in [1.82, 2.24) is 4.31 Å². The lowest BCUT2D eigenvalue weighted by molar-refractivity contribution is -0.385. The Labute approximate surface area is 170 Å². The summed E-state index contributed by atoms with van der Waals surface area (Å²) in [5.74, 6) is -0.986. The standard InChI is InChI=1S/C18H18F3N3O5S/c1-3-23(30(28,29)16-10-6-9-15(12(16)2)24(26)27)11-17(25)22-14-8-5-4-7-13(14)18(19,20)21/h4-10H,3,11H2,1-2H3,(H,22,25). The van der Waals surface area contributed by atoms with E-state index in [-0.39, 0.29) is 17.0 Å². The van der Waals surface area contributed by atoms with Gasteiger partial charge in [-0.05, 0) is 25.1 Å². The van der Waals surface area contributed by atoms with Gasteiger partial charge in [-0.3, -0.25) is 14.9 Å². The number of rotatable bonds is 7. The van der Waals surface area contributed by atoms with Crippen LogP contribution in [0.4, 0.5) is 24.5 Å². The summed E-state index contributed by atoms with van der Waals surface area (Å²) >= 11 is 0. The van der Waals surface area contributed by atoms with Gasteiger partial charge in [0.05, 0.1) is 27.6 Å². The maximum absolute atomic E-state index is 13.1. The number of carbonyl (C=O) groups is 1. The molecule has 2 aromatic rings. The molecule has 1 N–H and O–H groups in total. The molecule has 0 aliphatic carbocycles. The molecule has 0 saturated heterocycles. The Bertz CT molecular complexity index is 1070. The van der Waals surface area contributed by atoms with E-state index in [4.69, 9.17) is 0 Å². The fraction of sp³-hybridized carbons (Fsp3) is 0.278. The average molecular weight is 445 g/mol. The molecule has 30 heavy (non-hydrogen) atoms. The van der Waals surface area contributed by atoms with Gasteiger partial charge in [-0.2, -0.15) is 17.5 Å². The summed E-state index contributed by atoms with van der Waals surface area (Å²) in [5, 5.41) is 13.2. The first-order chi connectivity index (χ1) is 13.9. The third kappa shape index (κ3) is 4.94. The largest absolute Gasteiger partial charge is 0.418 e. The molecule has 0 saturated carbocycles. The molecule has 0 heterocycles. The number of carbonyl (C=O) groups excluding carboxylic acids is 1. The Hall–Kier alpha value is -2.99. The van der Waals surface area contributed by atoms with Gasteiger partial charge in [0.25, 0.3) is 5.69 Å². The second-order valence-corrected chi connectivity index (χ2v) is 8.09. The van der Waals surface area contributed by atoms with Gasteiger partial charge in [-0.25, -0.2) is 8.42 Å². The molecule has 2 rings (SSSR count). The number of anilines is 1. The first-order valence-corrected chi connectivity index (χ1v) is 10.0. The van der Waals surface area contributed by atoms with Gasteiger partial charge < -0.3 is 5.32 Å². The Balaban J connectivity index is 2.31. The minimum absolute atomic E-state index is 0.108. The predicted molar refractivity (Wildman–Crippen MR) is 102 cm³/mol. The van der Waals surface area contributed by atoms with E-state index < -0.39 is 50.5 Å². The topological polar surface area (TPSA) is 110 Å². The molecule has 0 aromatic heterocycles. The van der Waals surface area contributed by atoms with Crippen LogP contribution in [0.25, 0.3) is 0 Å². The van der Waals surface area contributed by atoms with Crippen LogP contribution in [0.2, 0.25) is 0 Å². The first kappa shape index (κ1) is 23.3. The van der Waals surface area contributed by atoms with Crippen LogP contribution in [0.3, 0.4) is 0 Å². The molecule has 1 amide bonds. The van der Waals surface area contributed by atoms with Crippen molar-refractivity contribution >= 4 is 27.3 Å². The molecule has 0 fully saturated rings. The molecule has 0 radical (unpaired) electrons. The molecule has 162 valence electrons. The van der Waals surface area contributed by atoms with Crippen LogP contribution in [0.15, 0.2) is 47.4 Å². The van der Waals surface area contributed by atoms with Gasteiger partial charge in [0.1, 0.15) is 0 Å². The van der Waals surface area contributed by atoms with Gasteiger partial charge >= 0.3 is 6.18 Å². The van der Waals surface area contributed by atoms with Crippen molar-refractivity contribution in [2.24, 2.45) is 0 Å². The third-order valence-corrected chi connectivity index (χ3v) is 6.31. The maximum atomic E-state index is 13.1. The Morgan fingerprint density at radius 2 is 1.80 bits per heavy atom. The minimum Gasteiger partial charge on any atom is -0.324 e. The SMILES string of the molecule is CCN(CC(=O)Nc1ccccc1C(F)(F)F)S(=O)(=O)c1cccc([N+](=O)[O-])c1C. The van der Waals surface area contributed by atoms with Crippen molar-refractivity contribution in [1.29, 1.82) is 0 Å². The normalized spacial score (nSPS) is 12.1. The third-order valence-electron chi connectivity index (χ3n) is 4.25. The van der Waals surface area contributed by atoms with E-state index in [1.807, 2.05) is 0 Å². The van der Waals surface area contributed by atoms with Crippen LogP contribution < -0.4 is 5.32 Å². The highest BCUT2D eigenvalue weighted by Gasteiger charge is 2.34. The fourth-order valence-corrected chi connectivity index (χ4v) is 4.42. The molecule has 8 nitrogen and oxygen atoms in total. The van der Waals surface area contributed by atoms with Crippen molar-refractivity contribution in [3.8, 4) is 0 Å². The lowest BCUT2D eigenvalue weighted by Crippen LogP contribution is -2.38. The summed E-state index contributed by atoms with van der Waals surface area (Å²) in [6, 6.07) is 7.80. The van der Waals surface area contributed by atoms with Crippen molar-refractivity contribution in [2.45, 2.75) is 24.9 Å². The zero-order valence-corrected chi connectivity index (χ0v) is 16.7. The molecule has 0 unspecified atom stereocenters. The van der Waals surface area contributed by atoms with Gasteiger partial charge in [0.15, 0.2) is 0 Å². The van der Waals surface area contributed by atoms with Gasteiger partial charge in [0.2, 0.25) is 15.9 Å². The molecule has 0 aliphatic heterocycles. The molecular weight excluding hydrogens is 427 g/mol. The average Bonchev–Trinajstić information content (AvgIpc) is 2.65. The molecule has 0 spiro atoms. The Kier molecular flexibility index (Phi) is 6.83. The van der Waals surface area contributed by atoms with Crippen LogP contribution in [0, 0.1) is 17.0 Å². The van der Waals surface area contributed by atoms with E-state index in [2.05, 4.69) is 5.32 Å². The van der Waals surface area contributed by atoms with E-state index >= 15 is 0 Å². The summed E-state index contributed by atoms with van der Waals surface area (Å²) in [4.78, 5) is 22.3. The molecule has 12 heteroatoms. The monoisotopic (exact) mass is 445 g/mol. The van der Waals surface area contributed by atoms with Gasteiger partial charge in [0, 0.05) is 18.2 Å². The zero-order chi connectivity index (χ0) is 22.7. The lowest BCUT2D eigenvalue weighted by atomic mass is 10.1. The molecular formula is C18H18F3N3O5S. The number of nitrogens with one attached hydrogen (secondary N) is 1. The smallest absolute Gasteiger partial charge is 0.324 e. The molecule has 0 bridgehead atoms. The molecule has 0 atom stereocenters. The Morgan fingerprint density at radius 3 is 2.37 bits per heavy atom. The fourth-order valence-electron chi connectivity index (χ4n) is 2.78. The predicted octanol–water partition coefficient (Wildman–Crippen LogP) is 3.57. The van der Waals surface area contributed by atoms with E-state index in [1.54, 1.807) is 0 Å². The lowest BCUT2D eigenvalue weighted by Gasteiger charge is -2.21. The van der Waals surface area contributed by atoms with E-state index in [0.29, 0.717) is 0 Å². The van der Waals surface area contributed by atoms with Crippen LogP contribution in [0.1, 0.15) is 18.1 Å². The number of nitro groups is 1. The quantitative estimate of drug-likeness (QED) is 0.518. The number of nitro benzene ring substituents is 1. The number of amides is 1. The van der Waals surface area contributed by atoms with E-state index in [0.717, 1.165) is 34.6 Å². The minimum atomic E-state index is -4.71. The number of hydrogen-bond donors (Lipinski definition) is 1. The highest BCUT2D eigenvalue weighted by Crippen LogP contribution is 2.34. The zero-order valence-electron chi connectivity index (χ0n) is 15.9. The number of alkyl halides is 3. The van der Waals surface area contributed by atoms with Crippen LogP contribution in [0.5, 0.6) is 0 Å². The summed E-state index contributed by atoms with van der Waals surface area (Å²) < 4.78 is 65.8. The van der Waals surface area contributed by atoms with Crippen LogP contribution in [-0.4, -0.2) is 36.6 Å². The molecule has 2 aromatic carbocycles. The number of nitrogens with zero attached hydrogens (tertiary/aromatic N) is 2. The second kappa shape index (κ2) is 8.79. The summed E-state index contributed by atoms with van der Waals surface area (Å²) in [6.45, 7) is 1.74. The van der Waals surface area contributed by atoms with Crippen molar-refractivity contribution in [2.75, 3.05) is 18.4 Å². The van der Waals surface area contributed by atoms with Crippen molar-refractivity contribution < 1.29 is 31.3 Å². The first-order valence-electron chi connectivity index (χ1n) is 8.59. The number of hydrogen-bond acceptors (Lipinski definition) is 5. The number of halogens is 3. The highest BCUT2D eigenvalue weighted by molar-refractivity contribution is 7.89. The summed E-state index contributed by atoms with van der Waals surface area (Å²) in [6.07, 6.45) is -4.71. The molecule has 0 aliphatic rings. The van der Waals surface area contributed by atoms with Crippen LogP contribution in [-0.2, 0) is 21.0 Å². The Morgan fingerprint density at radius 1 is 1.17 bits per heavy atom. The summed E-state index contributed by atoms with van der Waals surface area (Å²) in [5.41, 5.74) is -2.09. The van der Waals surface area contributed by atoms with Crippen molar-refractivity contribution in [3.05, 3.63) is 63.7 Å². The van der Waals surface area contributed by atoms with Crippen molar-refractivity contribution in [3.63, 3.8) is 0 Å².